The van der Waals surface area contributed by atoms with E-state index in [9.17, 15) is 19.2 Å². The van der Waals surface area contributed by atoms with E-state index in [1.807, 2.05) is 30.3 Å². The van der Waals surface area contributed by atoms with Crippen LogP contribution in [0, 0.1) is 0 Å². The second kappa shape index (κ2) is 14.4. The van der Waals surface area contributed by atoms with Gasteiger partial charge in [-0.2, -0.15) is 0 Å². The number of hydrogen-bond donors (Lipinski definition) is 2. The number of nitrogens with one attached hydrogen (secondary N) is 2. The Hall–Kier alpha value is -4.12. The molecule has 0 aliphatic carbocycles. The lowest BCUT2D eigenvalue weighted by atomic mass is 10.1. The summed E-state index contributed by atoms with van der Waals surface area (Å²) in [4.78, 5) is 53.7. The van der Waals surface area contributed by atoms with Crippen molar-refractivity contribution in [3.8, 4) is 0 Å². The van der Waals surface area contributed by atoms with Gasteiger partial charge in [0.05, 0.1) is 6.61 Å². The molecule has 0 bridgehead atoms. The largest absolute Gasteiger partial charge is 0.458 e. The molecular weight excluding hydrogens is 554 g/mol. The Labute approximate surface area is 254 Å². The highest BCUT2D eigenvalue weighted by Crippen LogP contribution is 2.20. The summed E-state index contributed by atoms with van der Waals surface area (Å²) < 4.78 is 22.4. The van der Waals surface area contributed by atoms with Gasteiger partial charge in [0.2, 0.25) is 0 Å². The Morgan fingerprint density at radius 1 is 0.744 bits per heavy atom. The maximum Gasteiger partial charge on any atom is 0.408 e. The molecule has 2 aromatic carbocycles. The summed E-state index contributed by atoms with van der Waals surface area (Å²) >= 11 is 0. The number of carbonyl (C=O) groups excluding carboxylic acids is 4. The predicted molar refractivity (Wildman–Crippen MR) is 164 cm³/mol. The van der Waals surface area contributed by atoms with Crippen molar-refractivity contribution in [2.24, 2.45) is 0 Å². The van der Waals surface area contributed by atoms with Gasteiger partial charge in [-0.3, -0.25) is 4.90 Å². The summed E-state index contributed by atoms with van der Waals surface area (Å²) in [5.74, 6) is -1.78. The molecule has 0 aliphatic heterocycles. The minimum Gasteiger partial charge on any atom is -0.458 e. The summed E-state index contributed by atoms with van der Waals surface area (Å²) in [6.45, 7) is 14.8. The van der Waals surface area contributed by atoms with Crippen LogP contribution in [-0.4, -0.2) is 60.1 Å². The van der Waals surface area contributed by atoms with Gasteiger partial charge < -0.3 is 29.6 Å². The lowest BCUT2D eigenvalue weighted by molar-refractivity contribution is -0.180. The van der Waals surface area contributed by atoms with Gasteiger partial charge in [0.15, 0.2) is 12.1 Å². The van der Waals surface area contributed by atoms with Crippen LogP contribution in [0.4, 0.5) is 21.0 Å². The molecule has 2 atom stereocenters. The number of urea groups is 1. The van der Waals surface area contributed by atoms with Crippen LogP contribution in [-0.2, 0) is 35.1 Å². The molecule has 0 aromatic heterocycles. The van der Waals surface area contributed by atoms with Crippen LogP contribution in [0.1, 0.15) is 67.9 Å². The fourth-order valence-corrected chi connectivity index (χ4v) is 3.62. The molecule has 0 saturated carbocycles. The van der Waals surface area contributed by atoms with Crippen molar-refractivity contribution in [1.82, 2.24) is 5.32 Å². The van der Waals surface area contributed by atoms with Gasteiger partial charge in [-0.15, -0.1) is 0 Å². The molecule has 0 unspecified atom stereocenters. The zero-order valence-electron chi connectivity index (χ0n) is 26.8. The lowest BCUT2D eigenvalue weighted by Gasteiger charge is -2.31. The molecule has 0 aliphatic rings. The van der Waals surface area contributed by atoms with Crippen molar-refractivity contribution >= 4 is 35.4 Å². The maximum absolute atomic E-state index is 13.4. The Kier molecular flexibility index (Phi) is 11.7. The lowest BCUT2D eigenvalue weighted by Crippen LogP contribution is -2.56. The highest BCUT2D eigenvalue weighted by molar-refractivity contribution is 6.01. The van der Waals surface area contributed by atoms with E-state index in [0.29, 0.717) is 16.9 Å². The second-order valence-electron chi connectivity index (χ2n) is 12.9. The first-order chi connectivity index (χ1) is 19.7. The van der Waals surface area contributed by atoms with E-state index >= 15 is 0 Å². The van der Waals surface area contributed by atoms with Crippen molar-refractivity contribution < 1.29 is 38.1 Å². The molecule has 11 nitrogen and oxygen atoms in total. The smallest absolute Gasteiger partial charge is 0.408 e. The van der Waals surface area contributed by atoms with Crippen LogP contribution in [0.2, 0.25) is 0 Å². The predicted octanol–water partition coefficient (Wildman–Crippen LogP) is 5.82. The number of anilines is 2. The van der Waals surface area contributed by atoms with Crippen molar-refractivity contribution in [2.45, 2.75) is 97.9 Å². The number of esters is 2. The van der Waals surface area contributed by atoms with Gasteiger partial charge >= 0.3 is 24.1 Å². The van der Waals surface area contributed by atoms with Crippen molar-refractivity contribution in [3.05, 3.63) is 60.2 Å². The van der Waals surface area contributed by atoms with Crippen LogP contribution in [0.25, 0.3) is 0 Å². The number of rotatable bonds is 9. The minimum atomic E-state index is -1.59. The maximum atomic E-state index is 13.4. The second-order valence-corrected chi connectivity index (χ2v) is 12.9. The standard InChI is InChI=1S/C32H45N3O8/c1-30(2,3)41-26(36)24(34-29(39)43-32(7,8)9)25(27(37)42-31(4,5)6)40-20-21-15-14-16-22(19-21)33-28(38)35(10)23-17-12-11-13-18-23/h11-19,24-25H,20H2,1-10H3,(H,33,38)(H,34,39)/t24-,25-/m0/s1. The van der Waals surface area contributed by atoms with Gasteiger partial charge in [0, 0.05) is 18.4 Å². The average molecular weight is 600 g/mol. The molecule has 2 rings (SSSR count). The third kappa shape index (κ3) is 12.7. The molecule has 0 heterocycles. The fraction of sp³-hybridized carbons (Fsp3) is 0.500. The number of ether oxygens (including phenoxy) is 4. The number of amides is 3. The molecule has 2 aromatic rings. The van der Waals surface area contributed by atoms with Crippen molar-refractivity contribution in [3.63, 3.8) is 0 Å². The first-order valence-electron chi connectivity index (χ1n) is 14.0. The molecule has 0 fully saturated rings. The molecule has 3 amide bonds. The SMILES string of the molecule is CN(C(=O)Nc1cccc(CO[C@H](C(=O)OC(C)(C)C)[C@H](NC(=O)OC(C)(C)C)C(=O)OC(C)(C)C)c1)c1ccccc1. The van der Waals surface area contributed by atoms with Gasteiger partial charge in [0.25, 0.3) is 0 Å². The molecule has 0 radical (unpaired) electrons. The van der Waals surface area contributed by atoms with Gasteiger partial charge in [-0.1, -0.05) is 30.3 Å². The number of para-hydroxylation sites is 1. The summed E-state index contributed by atoms with van der Waals surface area (Å²) in [5.41, 5.74) is -0.942. The highest BCUT2D eigenvalue weighted by Gasteiger charge is 2.42. The zero-order valence-corrected chi connectivity index (χ0v) is 26.8. The number of nitrogens with zero attached hydrogens (tertiary/aromatic N) is 1. The molecule has 2 N–H and O–H groups in total. The summed E-state index contributed by atoms with van der Waals surface area (Å²) in [6.07, 6.45) is -2.53. The summed E-state index contributed by atoms with van der Waals surface area (Å²) in [7, 11) is 1.65. The Morgan fingerprint density at radius 2 is 1.30 bits per heavy atom. The topological polar surface area (TPSA) is 132 Å². The molecule has 0 saturated heterocycles. The van der Waals surface area contributed by atoms with Gasteiger partial charge in [-0.25, -0.2) is 19.2 Å². The van der Waals surface area contributed by atoms with E-state index in [2.05, 4.69) is 10.6 Å². The third-order valence-electron chi connectivity index (χ3n) is 5.33. The molecule has 43 heavy (non-hydrogen) atoms. The quantitative estimate of drug-likeness (QED) is 0.272. The Morgan fingerprint density at radius 3 is 1.86 bits per heavy atom. The van der Waals surface area contributed by atoms with E-state index in [-0.39, 0.29) is 12.6 Å². The minimum absolute atomic E-state index is 0.169. The highest BCUT2D eigenvalue weighted by atomic mass is 16.6. The zero-order chi connectivity index (χ0) is 32.6. The number of alkyl carbamates (subject to hydrolysis) is 1. The first-order valence-corrected chi connectivity index (χ1v) is 14.0. The fourth-order valence-electron chi connectivity index (χ4n) is 3.62. The molecule has 236 valence electrons. The molecule has 0 spiro atoms. The third-order valence-corrected chi connectivity index (χ3v) is 5.33. The van der Waals surface area contributed by atoms with E-state index in [1.165, 1.54) is 4.90 Å². The number of carbonyl (C=O) groups is 4. The summed E-state index contributed by atoms with van der Waals surface area (Å²) in [6, 6.07) is 14.0. The first kappa shape index (κ1) is 35.1. The van der Waals surface area contributed by atoms with Crippen LogP contribution in [0.3, 0.4) is 0 Å². The van der Waals surface area contributed by atoms with Crippen molar-refractivity contribution in [1.29, 1.82) is 0 Å². The Bertz CT molecular complexity index is 1260. The molecular formula is C32H45N3O8. The van der Waals surface area contributed by atoms with Crippen LogP contribution >= 0.6 is 0 Å². The van der Waals surface area contributed by atoms with Crippen LogP contribution in [0.5, 0.6) is 0 Å². The van der Waals surface area contributed by atoms with E-state index in [1.54, 1.807) is 93.6 Å². The Balaban J connectivity index is 2.33. The van der Waals surface area contributed by atoms with Crippen LogP contribution < -0.4 is 15.5 Å². The van der Waals surface area contributed by atoms with Gasteiger partial charge in [0.1, 0.15) is 16.8 Å². The number of hydrogen-bond acceptors (Lipinski definition) is 8. The van der Waals surface area contributed by atoms with E-state index < -0.39 is 47.0 Å². The van der Waals surface area contributed by atoms with E-state index in [4.69, 9.17) is 18.9 Å². The van der Waals surface area contributed by atoms with Gasteiger partial charge in [-0.05, 0) is 92.1 Å². The normalized spacial score (nSPS) is 13.3. The van der Waals surface area contributed by atoms with Crippen molar-refractivity contribution in [2.75, 3.05) is 17.3 Å². The monoisotopic (exact) mass is 599 g/mol. The van der Waals surface area contributed by atoms with Crippen LogP contribution in [0.15, 0.2) is 54.6 Å². The average Bonchev–Trinajstić information content (AvgIpc) is 2.85. The van der Waals surface area contributed by atoms with E-state index in [0.717, 1.165) is 0 Å². The summed E-state index contributed by atoms with van der Waals surface area (Å²) in [5, 5.41) is 5.27. The molecule has 11 heteroatoms. The number of benzene rings is 2.